The molecule has 0 atom stereocenters. The van der Waals surface area contributed by atoms with Crippen molar-refractivity contribution in [3.63, 3.8) is 0 Å². The number of methoxy groups -OCH3 is 1. The molecule has 33 heavy (non-hydrogen) atoms. The number of benzene rings is 1. The fourth-order valence-corrected chi connectivity index (χ4v) is 4.39. The fourth-order valence-electron chi connectivity index (χ4n) is 4.09. The van der Waals surface area contributed by atoms with Gasteiger partial charge in [-0.3, -0.25) is 10.3 Å². The zero-order chi connectivity index (χ0) is 23.6. The first-order valence-corrected chi connectivity index (χ1v) is 12.3. The number of ether oxygens (including phenoxy) is 1. The first-order chi connectivity index (χ1) is 16.0. The average Bonchev–Trinajstić information content (AvgIpc) is 3.12. The topological polar surface area (TPSA) is 83.9 Å². The van der Waals surface area contributed by atoms with Crippen LogP contribution in [-0.2, 0) is 13.0 Å². The van der Waals surface area contributed by atoms with E-state index < -0.39 is 0 Å². The molecule has 1 saturated heterocycles. The largest absolute Gasteiger partial charge is 0.495 e. The molecule has 2 aromatic rings. The van der Waals surface area contributed by atoms with Crippen LogP contribution in [0.2, 0.25) is 5.15 Å². The summed E-state index contributed by atoms with van der Waals surface area (Å²) in [6.07, 6.45) is 5.72. The number of nitrogens with one attached hydrogen (secondary N) is 1. The summed E-state index contributed by atoms with van der Waals surface area (Å²) >= 11 is 11.2. The molecule has 0 spiro atoms. The molecule has 0 amide bonds. The lowest BCUT2D eigenvalue weighted by atomic mass is 10.2. The highest BCUT2D eigenvalue weighted by Gasteiger charge is 2.20. The minimum Gasteiger partial charge on any atom is -0.495 e. The lowest BCUT2D eigenvalue weighted by molar-refractivity contribution is 0.249. The maximum atomic E-state index is 6.43. The summed E-state index contributed by atoms with van der Waals surface area (Å²) in [5.41, 5.74) is 10.0. The molecule has 1 aromatic carbocycles. The van der Waals surface area contributed by atoms with Gasteiger partial charge in [0.25, 0.3) is 0 Å². The van der Waals surface area contributed by atoms with Crippen LogP contribution < -0.4 is 20.8 Å². The Bertz CT molecular complexity index is 941. The molecule has 3 N–H and O–H groups in total. The number of anilines is 1. The maximum absolute atomic E-state index is 6.43. The molecule has 0 saturated carbocycles. The molecule has 0 aliphatic carbocycles. The van der Waals surface area contributed by atoms with Crippen LogP contribution in [0.3, 0.4) is 0 Å². The number of hydrazone groups is 1. The predicted molar refractivity (Wildman–Crippen MR) is 140 cm³/mol. The van der Waals surface area contributed by atoms with E-state index in [2.05, 4.69) is 48.9 Å². The lowest BCUT2D eigenvalue weighted by Gasteiger charge is -2.36. The van der Waals surface area contributed by atoms with E-state index in [0.29, 0.717) is 5.15 Å². The molecule has 1 fully saturated rings. The summed E-state index contributed by atoms with van der Waals surface area (Å²) < 4.78 is 7.70. The minimum absolute atomic E-state index is 0.118. The number of halogens is 1. The van der Waals surface area contributed by atoms with Gasteiger partial charge in [-0.25, -0.2) is 4.98 Å². The van der Waals surface area contributed by atoms with Gasteiger partial charge in [0.1, 0.15) is 17.3 Å². The van der Waals surface area contributed by atoms with Gasteiger partial charge in [0.15, 0.2) is 10.3 Å². The number of nitrogens with zero attached hydrogens (tertiary/aromatic N) is 5. The zero-order valence-corrected chi connectivity index (χ0v) is 21.0. The number of piperazine rings is 1. The second-order valence-electron chi connectivity index (χ2n) is 8.05. The number of nitrogens with two attached hydrogens (primary N) is 1. The average molecular weight is 492 g/mol. The number of aryl methyl sites for hydroxylation is 1. The van der Waals surface area contributed by atoms with Crippen LogP contribution in [0.5, 0.6) is 5.75 Å². The Kier molecular flexibility index (Phi) is 9.77. The number of thiocarbonyl (C=S) groups is 1. The monoisotopic (exact) mass is 491 g/mol. The Morgan fingerprint density at radius 3 is 2.70 bits per heavy atom. The van der Waals surface area contributed by atoms with Crippen LogP contribution in [-0.4, -0.2) is 65.6 Å². The van der Waals surface area contributed by atoms with Crippen molar-refractivity contribution in [3.8, 4) is 5.75 Å². The van der Waals surface area contributed by atoms with Gasteiger partial charge in [0.2, 0.25) is 0 Å². The fraction of sp³-hybridized carbons (Fsp3) is 0.522. The molecular formula is C23H34ClN7OS. The van der Waals surface area contributed by atoms with Gasteiger partial charge in [0, 0.05) is 39.1 Å². The molecule has 2 heterocycles. The molecule has 3 rings (SSSR count). The van der Waals surface area contributed by atoms with Crippen molar-refractivity contribution in [2.24, 2.45) is 10.8 Å². The molecule has 0 unspecified atom stereocenters. The van der Waals surface area contributed by atoms with Gasteiger partial charge in [-0.05, 0) is 43.7 Å². The van der Waals surface area contributed by atoms with Crippen LogP contribution in [0.1, 0.15) is 37.7 Å². The van der Waals surface area contributed by atoms with E-state index in [9.17, 15) is 0 Å². The van der Waals surface area contributed by atoms with Crippen molar-refractivity contribution >= 4 is 40.8 Å². The van der Waals surface area contributed by atoms with Crippen LogP contribution in [0.15, 0.2) is 29.4 Å². The van der Waals surface area contributed by atoms with Gasteiger partial charge in [-0.1, -0.05) is 37.1 Å². The zero-order valence-electron chi connectivity index (χ0n) is 19.5. The van der Waals surface area contributed by atoms with E-state index in [1.54, 1.807) is 13.3 Å². The highest BCUT2D eigenvalue weighted by atomic mass is 35.5. The van der Waals surface area contributed by atoms with E-state index in [4.69, 9.17) is 34.3 Å². The Labute approximate surface area is 206 Å². The molecule has 0 radical (unpaired) electrons. The van der Waals surface area contributed by atoms with E-state index >= 15 is 0 Å². The Hall–Kier alpha value is -2.36. The summed E-state index contributed by atoms with van der Waals surface area (Å²) in [5, 5.41) is 4.67. The number of para-hydroxylation sites is 2. The highest BCUT2D eigenvalue weighted by molar-refractivity contribution is 7.80. The van der Waals surface area contributed by atoms with Crippen molar-refractivity contribution in [1.82, 2.24) is 19.9 Å². The maximum Gasteiger partial charge on any atom is 0.184 e. The molecule has 180 valence electrons. The number of imidazole rings is 1. The predicted octanol–water partition coefficient (Wildman–Crippen LogP) is 3.27. The molecule has 8 nitrogen and oxygen atoms in total. The third kappa shape index (κ3) is 7.06. The summed E-state index contributed by atoms with van der Waals surface area (Å²) in [6.45, 7) is 8.05. The first kappa shape index (κ1) is 25.3. The molecular weight excluding hydrogens is 458 g/mol. The Balaban J connectivity index is 1.57. The van der Waals surface area contributed by atoms with Crippen LogP contribution in [0.4, 0.5) is 5.69 Å². The van der Waals surface area contributed by atoms with Crippen LogP contribution in [0.25, 0.3) is 0 Å². The third-order valence-corrected chi connectivity index (χ3v) is 6.18. The van der Waals surface area contributed by atoms with E-state index in [1.165, 1.54) is 5.69 Å². The van der Waals surface area contributed by atoms with Crippen molar-refractivity contribution in [3.05, 3.63) is 40.9 Å². The Morgan fingerprint density at radius 1 is 1.24 bits per heavy atom. The summed E-state index contributed by atoms with van der Waals surface area (Å²) in [4.78, 5) is 9.50. The molecule has 1 aromatic heterocycles. The normalized spacial score (nSPS) is 14.7. The van der Waals surface area contributed by atoms with Gasteiger partial charge < -0.3 is 19.9 Å². The number of unbranched alkanes of at least 4 members (excludes halogenated alkanes) is 1. The quantitative estimate of drug-likeness (QED) is 0.283. The number of hydrogen-bond acceptors (Lipinski definition) is 6. The van der Waals surface area contributed by atoms with Crippen LogP contribution in [0, 0.1) is 0 Å². The smallest absolute Gasteiger partial charge is 0.184 e. The van der Waals surface area contributed by atoms with Gasteiger partial charge >= 0.3 is 0 Å². The number of rotatable bonds is 11. The van der Waals surface area contributed by atoms with E-state index in [1.807, 2.05) is 12.1 Å². The van der Waals surface area contributed by atoms with Gasteiger partial charge in [-0.15, -0.1) is 0 Å². The SMILES string of the molecule is CCCCc1nc(Cl)c(/C=N/NC(N)=S)n1CCCN1CCN(c2ccccc2OC)CC1. The second kappa shape index (κ2) is 12.8. The standard InChI is InChI=1S/C23H34ClN7OS/c1-3-4-10-21-27-22(24)19(17-26-28-23(25)33)31(21)12-7-11-29-13-15-30(16-14-29)18-8-5-6-9-20(18)32-2/h5-6,8-9,17H,3-4,7,10-16H2,1-2H3,(H3,25,28,33)/b26-17+. The first-order valence-electron chi connectivity index (χ1n) is 11.5. The third-order valence-electron chi connectivity index (χ3n) is 5.81. The molecule has 1 aliphatic rings. The molecule has 10 heteroatoms. The van der Waals surface area contributed by atoms with E-state index in [-0.39, 0.29) is 5.11 Å². The van der Waals surface area contributed by atoms with Crippen molar-refractivity contribution in [2.75, 3.05) is 44.7 Å². The van der Waals surface area contributed by atoms with E-state index in [0.717, 1.165) is 82.2 Å². The van der Waals surface area contributed by atoms with Crippen molar-refractivity contribution in [1.29, 1.82) is 0 Å². The van der Waals surface area contributed by atoms with Gasteiger partial charge in [-0.2, -0.15) is 5.10 Å². The lowest BCUT2D eigenvalue weighted by Crippen LogP contribution is -2.46. The summed E-state index contributed by atoms with van der Waals surface area (Å²) in [7, 11) is 1.73. The van der Waals surface area contributed by atoms with Crippen LogP contribution >= 0.6 is 23.8 Å². The highest BCUT2D eigenvalue weighted by Crippen LogP contribution is 2.28. The second-order valence-corrected chi connectivity index (χ2v) is 8.85. The Morgan fingerprint density at radius 2 is 2.00 bits per heavy atom. The van der Waals surface area contributed by atoms with Crippen molar-refractivity contribution < 1.29 is 4.74 Å². The number of aromatic nitrogens is 2. The van der Waals surface area contributed by atoms with Crippen molar-refractivity contribution in [2.45, 2.75) is 39.2 Å². The number of hydrogen-bond donors (Lipinski definition) is 2. The summed E-state index contributed by atoms with van der Waals surface area (Å²) in [6, 6.07) is 8.22. The molecule has 1 aliphatic heterocycles. The van der Waals surface area contributed by atoms with Gasteiger partial charge in [0.05, 0.1) is 19.0 Å². The molecule has 0 bridgehead atoms. The summed E-state index contributed by atoms with van der Waals surface area (Å²) in [5.74, 6) is 1.93. The minimum atomic E-state index is 0.118.